The van der Waals surface area contributed by atoms with Gasteiger partial charge in [0, 0.05) is 30.3 Å². The van der Waals surface area contributed by atoms with Crippen molar-refractivity contribution in [2.45, 2.75) is 18.9 Å². The van der Waals surface area contributed by atoms with Crippen LogP contribution in [0.1, 0.15) is 23.2 Å². The molecule has 0 atom stereocenters. The highest BCUT2D eigenvalue weighted by atomic mass is 16.2. The number of carbonyl (C=O) groups excluding carboxylic acids is 1. The van der Waals surface area contributed by atoms with E-state index in [-0.39, 0.29) is 5.91 Å². The fourth-order valence-corrected chi connectivity index (χ4v) is 4.33. The molecule has 1 aliphatic heterocycles. The number of nitrogens with two attached hydrogens (primary N) is 1. The molecule has 4 aromatic rings. The Kier molecular flexibility index (Phi) is 5.51. The molecular weight excluding hydrogens is 414 g/mol. The number of para-hydroxylation sites is 2. The lowest BCUT2D eigenvalue weighted by atomic mass is 10.0. The first-order chi connectivity index (χ1) is 16.0. The van der Waals surface area contributed by atoms with Gasteiger partial charge in [0.1, 0.15) is 5.69 Å². The van der Waals surface area contributed by atoms with E-state index in [9.17, 15) is 4.79 Å². The van der Waals surface area contributed by atoms with Crippen LogP contribution < -0.4 is 5.73 Å². The summed E-state index contributed by atoms with van der Waals surface area (Å²) < 4.78 is 0. The van der Waals surface area contributed by atoms with E-state index < -0.39 is 0 Å². The van der Waals surface area contributed by atoms with Crippen LogP contribution in [-0.2, 0) is 0 Å². The maximum absolute atomic E-state index is 12.9. The maximum Gasteiger partial charge on any atom is 0.253 e. The smallest absolute Gasteiger partial charge is 0.253 e. The van der Waals surface area contributed by atoms with Gasteiger partial charge in [0.05, 0.1) is 22.9 Å². The van der Waals surface area contributed by atoms with E-state index in [1.807, 2.05) is 53.4 Å². The topological polar surface area (TPSA) is 104 Å². The third-order valence-corrected chi connectivity index (χ3v) is 6.32. The Labute approximate surface area is 192 Å². The van der Waals surface area contributed by atoms with Crippen molar-refractivity contribution in [3.63, 3.8) is 0 Å². The van der Waals surface area contributed by atoms with Gasteiger partial charge in [-0.15, -0.1) is 0 Å². The van der Waals surface area contributed by atoms with Crippen molar-refractivity contribution < 1.29 is 4.79 Å². The average Bonchev–Trinajstić information content (AvgIpc) is 3.28. The van der Waals surface area contributed by atoms with Crippen LogP contribution >= 0.6 is 0 Å². The quantitative estimate of drug-likeness (QED) is 0.503. The molecule has 1 fully saturated rings. The zero-order chi connectivity index (χ0) is 22.9. The Balaban J connectivity index is 1.36. The van der Waals surface area contributed by atoms with E-state index in [1.165, 1.54) is 0 Å². The van der Waals surface area contributed by atoms with Crippen LogP contribution in [0.3, 0.4) is 0 Å². The molecule has 0 radical (unpaired) electrons. The Hall–Kier alpha value is -3.78. The normalized spacial score (nSPS) is 14.8. The second kappa shape index (κ2) is 8.63. The molecule has 8 heteroatoms. The van der Waals surface area contributed by atoms with Crippen LogP contribution in [0.5, 0.6) is 0 Å². The number of benzene rings is 2. The number of aromatic nitrogens is 4. The van der Waals surface area contributed by atoms with Crippen molar-refractivity contribution >= 4 is 22.8 Å². The summed E-state index contributed by atoms with van der Waals surface area (Å²) in [4.78, 5) is 34.0. The van der Waals surface area contributed by atoms with Crippen LogP contribution in [0.15, 0.2) is 54.7 Å². The van der Waals surface area contributed by atoms with Crippen LogP contribution in [0, 0.1) is 0 Å². The van der Waals surface area contributed by atoms with Gasteiger partial charge in [-0.3, -0.25) is 4.79 Å². The lowest BCUT2D eigenvalue weighted by molar-refractivity contribution is 0.0663. The van der Waals surface area contributed by atoms with Gasteiger partial charge in [-0.05, 0) is 51.2 Å². The molecule has 0 aliphatic carbocycles. The molecule has 8 nitrogen and oxygen atoms in total. The zero-order valence-corrected chi connectivity index (χ0v) is 18.8. The number of nitrogens with one attached hydrogen (secondary N) is 1. The molecular formula is C25H27N7O. The van der Waals surface area contributed by atoms with E-state index in [0.717, 1.165) is 42.5 Å². The van der Waals surface area contributed by atoms with Crippen molar-refractivity contribution in [2.75, 3.05) is 32.9 Å². The summed E-state index contributed by atoms with van der Waals surface area (Å²) in [5.41, 5.74) is 10.6. The number of aromatic amines is 1. The summed E-state index contributed by atoms with van der Waals surface area (Å²) >= 11 is 0. The van der Waals surface area contributed by atoms with Gasteiger partial charge in [0.2, 0.25) is 0 Å². The van der Waals surface area contributed by atoms with Crippen molar-refractivity contribution in [3.05, 3.63) is 60.3 Å². The summed E-state index contributed by atoms with van der Waals surface area (Å²) in [5.74, 6) is 0.965. The molecule has 1 saturated heterocycles. The fourth-order valence-electron chi connectivity index (χ4n) is 4.33. The molecule has 0 unspecified atom stereocenters. The first-order valence-corrected chi connectivity index (χ1v) is 11.1. The molecule has 168 valence electrons. The molecule has 2 aromatic heterocycles. The first-order valence-electron chi connectivity index (χ1n) is 11.1. The van der Waals surface area contributed by atoms with Crippen molar-refractivity contribution in [3.8, 4) is 22.8 Å². The third-order valence-electron chi connectivity index (χ3n) is 6.32. The summed E-state index contributed by atoms with van der Waals surface area (Å²) in [6.45, 7) is 1.57. The number of hydrogen-bond acceptors (Lipinski definition) is 6. The third kappa shape index (κ3) is 4.17. The fraction of sp³-hybridized carbons (Fsp3) is 0.280. The Bertz CT molecular complexity index is 1250. The second-order valence-electron chi connectivity index (χ2n) is 8.66. The molecule has 0 saturated carbocycles. The monoisotopic (exact) mass is 441 g/mol. The summed E-state index contributed by atoms with van der Waals surface area (Å²) in [6.07, 6.45) is 3.65. The van der Waals surface area contributed by atoms with Crippen LogP contribution in [0.2, 0.25) is 0 Å². The number of carbonyl (C=O) groups is 1. The highest BCUT2D eigenvalue weighted by Crippen LogP contribution is 2.26. The van der Waals surface area contributed by atoms with Gasteiger partial charge in [-0.1, -0.05) is 24.3 Å². The maximum atomic E-state index is 12.9. The molecule has 1 amide bonds. The van der Waals surface area contributed by atoms with Crippen LogP contribution in [0.25, 0.3) is 33.8 Å². The number of nitrogen functional groups attached to an aromatic ring is 1. The van der Waals surface area contributed by atoms with E-state index in [2.05, 4.69) is 33.9 Å². The number of piperidine rings is 1. The van der Waals surface area contributed by atoms with Crippen molar-refractivity contribution in [1.82, 2.24) is 29.7 Å². The summed E-state index contributed by atoms with van der Waals surface area (Å²) in [6, 6.07) is 15.8. The summed E-state index contributed by atoms with van der Waals surface area (Å²) in [7, 11) is 4.20. The number of fused-ring (bicyclic) bond motifs is 1. The van der Waals surface area contributed by atoms with Crippen LogP contribution in [0.4, 0.5) is 5.82 Å². The molecule has 0 bridgehead atoms. The molecule has 5 rings (SSSR count). The molecule has 2 aromatic carbocycles. The number of anilines is 1. The van der Waals surface area contributed by atoms with Gasteiger partial charge >= 0.3 is 0 Å². The number of rotatable bonds is 4. The van der Waals surface area contributed by atoms with Crippen molar-refractivity contribution in [2.24, 2.45) is 0 Å². The molecule has 1 aliphatic rings. The number of H-pyrrole nitrogens is 1. The average molecular weight is 442 g/mol. The predicted octanol–water partition coefficient (Wildman–Crippen LogP) is 3.44. The lowest BCUT2D eigenvalue weighted by Gasteiger charge is -2.35. The first kappa shape index (κ1) is 21.1. The minimum Gasteiger partial charge on any atom is -0.382 e. The van der Waals surface area contributed by atoms with E-state index in [4.69, 9.17) is 10.7 Å². The predicted molar refractivity (Wildman–Crippen MR) is 130 cm³/mol. The molecule has 3 heterocycles. The molecule has 0 spiro atoms. The van der Waals surface area contributed by atoms with Gasteiger partial charge in [0.25, 0.3) is 5.91 Å². The number of imidazole rings is 1. The summed E-state index contributed by atoms with van der Waals surface area (Å²) in [5, 5.41) is 0. The minimum atomic E-state index is 0.0742. The number of nitrogens with zero attached hydrogens (tertiary/aromatic N) is 5. The number of amides is 1. The minimum absolute atomic E-state index is 0.0742. The van der Waals surface area contributed by atoms with Gasteiger partial charge in [-0.2, -0.15) is 0 Å². The van der Waals surface area contributed by atoms with E-state index in [0.29, 0.717) is 34.6 Å². The largest absolute Gasteiger partial charge is 0.382 e. The van der Waals surface area contributed by atoms with Crippen LogP contribution in [-0.4, -0.2) is 68.9 Å². The molecule has 3 N–H and O–H groups in total. The number of likely N-dealkylation sites (tertiary alicyclic amines) is 1. The Morgan fingerprint density at radius 2 is 1.79 bits per heavy atom. The SMILES string of the molecule is CN(C)C1CCN(C(=O)c2ccc(-c3cnc(N)c(-c4nc5ccccc5[nH]4)n3)cc2)CC1. The zero-order valence-electron chi connectivity index (χ0n) is 18.8. The highest BCUT2D eigenvalue weighted by Gasteiger charge is 2.24. The molecule has 33 heavy (non-hydrogen) atoms. The Morgan fingerprint density at radius 3 is 2.48 bits per heavy atom. The second-order valence-corrected chi connectivity index (χ2v) is 8.66. The van der Waals surface area contributed by atoms with Crippen molar-refractivity contribution in [1.29, 1.82) is 0 Å². The van der Waals surface area contributed by atoms with Gasteiger partial charge in [-0.25, -0.2) is 15.0 Å². The number of hydrogen-bond donors (Lipinski definition) is 2. The highest BCUT2D eigenvalue weighted by molar-refractivity contribution is 5.94. The van der Waals surface area contributed by atoms with Gasteiger partial charge < -0.3 is 20.5 Å². The van der Waals surface area contributed by atoms with E-state index in [1.54, 1.807) is 6.20 Å². The van der Waals surface area contributed by atoms with Gasteiger partial charge in [0.15, 0.2) is 11.6 Å². The lowest BCUT2D eigenvalue weighted by Crippen LogP contribution is -2.44. The van der Waals surface area contributed by atoms with E-state index >= 15 is 0 Å². The standard InChI is InChI=1S/C25H27N7O/c1-31(2)18-11-13-32(14-12-18)25(33)17-9-7-16(8-10-17)21-15-27-23(26)22(28-21)24-29-19-5-3-4-6-20(19)30-24/h3-10,15,18H,11-14H2,1-2H3,(H2,26,27)(H,29,30). The Morgan fingerprint density at radius 1 is 1.06 bits per heavy atom.